The van der Waals surface area contributed by atoms with Crippen LogP contribution in [-0.4, -0.2) is 15.0 Å². The molecule has 4 nitrogen and oxygen atoms in total. The van der Waals surface area contributed by atoms with Gasteiger partial charge in [-0.25, -0.2) is 15.0 Å². The van der Waals surface area contributed by atoms with Gasteiger partial charge >= 0.3 is 0 Å². The molecule has 2 bridgehead atoms. The van der Waals surface area contributed by atoms with E-state index < -0.39 is 10.8 Å². The molecule has 1 aliphatic carbocycles. The van der Waals surface area contributed by atoms with E-state index in [1.807, 2.05) is 42.1 Å². The van der Waals surface area contributed by atoms with Gasteiger partial charge in [0.25, 0.3) is 0 Å². The van der Waals surface area contributed by atoms with Crippen molar-refractivity contribution in [3.63, 3.8) is 0 Å². The van der Waals surface area contributed by atoms with E-state index in [4.69, 9.17) is 15.0 Å². The lowest BCUT2D eigenvalue weighted by molar-refractivity contribution is 0.677. The first-order valence-electron chi connectivity index (χ1n) is 19.2. The molecule has 12 rings (SSSR count). The van der Waals surface area contributed by atoms with Gasteiger partial charge in [-0.05, 0) is 79.0 Å². The second-order valence-corrected chi connectivity index (χ2v) is 16.0. The van der Waals surface area contributed by atoms with E-state index in [1.54, 1.807) is 0 Å². The second-order valence-electron chi connectivity index (χ2n) is 14.9. The Bertz CT molecular complexity index is 3140. The SMILES string of the molecule is N#Cc1ccc(C2(c3ccccc3)c3nc(-c4ccccc4)nc(n3)-c3cccc4c3-c3c(cccc32)C42c3ccccc3Sc3ccccc32)c2ccccc12. The maximum atomic E-state index is 10.4. The zero-order chi connectivity index (χ0) is 37.7. The van der Waals surface area contributed by atoms with Gasteiger partial charge in [0.1, 0.15) is 5.41 Å². The van der Waals surface area contributed by atoms with Crippen molar-refractivity contribution in [2.24, 2.45) is 0 Å². The molecule has 1 unspecified atom stereocenters. The average Bonchev–Trinajstić information content (AvgIpc) is 3.58. The molecule has 3 aliphatic rings. The van der Waals surface area contributed by atoms with E-state index in [9.17, 15) is 5.26 Å². The standard InChI is InChI=1S/C52H30N4S/c53-31-33-29-30-38(36-20-8-7-19-35(33)36)51(34-17-5-2-6-18-34)42-25-14-26-43-47(42)46-37(49-54-48(55-50(51)56-49)32-15-3-1-4-16-32)21-13-24-41(46)52(43)39-22-9-11-27-44(39)57-45-28-12-10-23-40(45)52/h1-30H. The maximum Gasteiger partial charge on any atom is 0.164 e. The van der Waals surface area contributed by atoms with Crippen molar-refractivity contribution in [3.8, 4) is 40.0 Å². The first kappa shape index (κ1) is 32.1. The van der Waals surface area contributed by atoms with Crippen molar-refractivity contribution in [2.75, 3.05) is 0 Å². The number of hydrogen-bond donors (Lipinski definition) is 0. The van der Waals surface area contributed by atoms with Crippen LogP contribution in [0.15, 0.2) is 192 Å². The van der Waals surface area contributed by atoms with E-state index in [-0.39, 0.29) is 0 Å². The van der Waals surface area contributed by atoms with Crippen LogP contribution in [0.4, 0.5) is 0 Å². The first-order chi connectivity index (χ1) is 28.2. The van der Waals surface area contributed by atoms with Gasteiger partial charge in [-0.3, -0.25) is 0 Å². The predicted octanol–water partition coefficient (Wildman–Crippen LogP) is 11.8. The first-order valence-corrected chi connectivity index (χ1v) is 20.0. The predicted molar refractivity (Wildman–Crippen MR) is 226 cm³/mol. The normalized spacial score (nSPS) is 16.2. The van der Waals surface area contributed by atoms with Crippen LogP contribution in [0.1, 0.15) is 50.3 Å². The molecule has 0 fully saturated rings. The highest BCUT2D eigenvalue weighted by Gasteiger charge is 2.55. The summed E-state index contributed by atoms with van der Waals surface area (Å²) in [4.78, 5) is 19.0. The van der Waals surface area contributed by atoms with Crippen molar-refractivity contribution < 1.29 is 0 Å². The number of aromatic nitrogens is 3. The molecule has 0 N–H and O–H groups in total. The molecule has 57 heavy (non-hydrogen) atoms. The van der Waals surface area contributed by atoms with Gasteiger partial charge in [-0.15, -0.1) is 0 Å². The quantitative estimate of drug-likeness (QED) is 0.180. The zero-order valence-electron chi connectivity index (χ0n) is 30.5. The van der Waals surface area contributed by atoms with Crippen LogP contribution in [0, 0.1) is 11.3 Å². The van der Waals surface area contributed by atoms with Gasteiger partial charge in [-0.1, -0.05) is 176 Å². The molecule has 0 amide bonds. The van der Waals surface area contributed by atoms with Gasteiger partial charge in [0.05, 0.1) is 17.0 Å². The molecular formula is C52H30N4S. The van der Waals surface area contributed by atoms with Crippen LogP contribution in [0.25, 0.3) is 44.7 Å². The Labute approximate surface area is 334 Å². The monoisotopic (exact) mass is 742 g/mol. The van der Waals surface area contributed by atoms with E-state index in [0.29, 0.717) is 23.0 Å². The molecule has 0 radical (unpaired) electrons. The van der Waals surface area contributed by atoms with Crippen LogP contribution in [0.2, 0.25) is 0 Å². The Morgan fingerprint density at radius 3 is 1.70 bits per heavy atom. The molecule has 0 saturated carbocycles. The fraction of sp³-hybridized carbons (Fsp3) is 0.0385. The molecular weight excluding hydrogens is 713 g/mol. The van der Waals surface area contributed by atoms with Crippen molar-refractivity contribution in [1.82, 2.24) is 15.0 Å². The summed E-state index contributed by atoms with van der Waals surface area (Å²) in [6.45, 7) is 0. The zero-order valence-corrected chi connectivity index (χ0v) is 31.3. The fourth-order valence-electron chi connectivity index (χ4n) is 10.1. The van der Waals surface area contributed by atoms with Gasteiger partial charge < -0.3 is 0 Å². The third-order valence-corrected chi connectivity index (χ3v) is 13.4. The summed E-state index contributed by atoms with van der Waals surface area (Å²) in [6.07, 6.45) is 0. The van der Waals surface area contributed by atoms with Crippen LogP contribution in [0.5, 0.6) is 0 Å². The largest absolute Gasteiger partial charge is 0.211 e. The lowest BCUT2D eigenvalue weighted by atomic mass is 9.63. The van der Waals surface area contributed by atoms with Crippen molar-refractivity contribution >= 4 is 22.5 Å². The van der Waals surface area contributed by atoms with Crippen LogP contribution in [0.3, 0.4) is 0 Å². The Balaban J connectivity index is 1.34. The Kier molecular flexibility index (Phi) is 6.73. The molecule has 5 heteroatoms. The fourth-order valence-corrected chi connectivity index (χ4v) is 11.3. The Morgan fingerprint density at radius 1 is 0.421 bits per heavy atom. The molecule has 2 aliphatic heterocycles. The van der Waals surface area contributed by atoms with Crippen molar-refractivity contribution in [2.45, 2.75) is 20.6 Å². The summed E-state index contributed by atoms with van der Waals surface area (Å²) in [5.41, 5.74) is 11.3. The summed E-state index contributed by atoms with van der Waals surface area (Å²) in [5, 5.41) is 12.3. The van der Waals surface area contributed by atoms with Crippen LogP contribution in [-0.2, 0) is 10.8 Å². The van der Waals surface area contributed by atoms with Crippen molar-refractivity contribution in [3.05, 3.63) is 232 Å². The number of fused-ring (bicyclic) bond motifs is 10. The third-order valence-electron chi connectivity index (χ3n) is 12.3. The summed E-state index contributed by atoms with van der Waals surface area (Å²) in [6, 6.07) is 67.2. The minimum absolute atomic E-state index is 0.614. The van der Waals surface area contributed by atoms with E-state index >= 15 is 0 Å². The van der Waals surface area contributed by atoms with Gasteiger partial charge in [0, 0.05) is 20.9 Å². The van der Waals surface area contributed by atoms with Crippen molar-refractivity contribution in [1.29, 1.82) is 5.26 Å². The highest BCUT2D eigenvalue weighted by atomic mass is 32.2. The maximum absolute atomic E-state index is 10.4. The Hall–Kier alpha value is -7.13. The number of hydrogen-bond acceptors (Lipinski definition) is 5. The summed E-state index contributed by atoms with van der Waals surface area (Å²) in [5.74, 6) is 1.89. The second kappa shape index (κ2) is 11.9. The number of rotatable bonds is 3. The number of nitrogens with zero attached hydrogens (tertiary/aromatic N) is 4. The van der Waals surface area contributed by atoms with Crippen LogP contribution < -0.4 is 0 Å². The molecule has 1 spiro atoms. The highest BCUT2D eigenvalue weighted by molar-refractivity contribution is 7.99. The highest BCUT2D eigenvalue weighted by Crippen LogP contribution is 2.66. The molecule has 3 heterocycles. The Morgan fingerprint density at radius 2 is 0.982 bits per heavy atom. The summed E-state index contributed by atoms with van der Waals surface area (Å²) < 4.78 is 0. The molecule has 264 valence electrons. The number of benzene rings is 8. The molecule has 1 atom stereocenters. The molecule has 0 saturated heterocycles. The van der Waals surface area contributed by atoms with Crippen LogP contribution >= 0.6 is 11.8 Å². The lowest BCUT2D eigenvalue weighted by Gasteiger charge is -2.40. The number of nitriles is 1. The lowest BCUT2D eigenvalue weighted by Crippen LogP contribution is -2.36. The van der Waals surface area contributed by atoms with Gasteiger partial charge in [0.15, 0.2) is 17.5 Å². The molecule has 8 aromatic carbocycles. The summed E-state index contributed by atoms with van der Waals surface area (Å²) >= 11 is 1.85. The molecule has 9 aromatic rings. The van der Waals surface area contributed by atoms with Gasteiger partial charge in [0.2, 0.25) is 0 Å². The van der Waals surface area contributed by atoms with E-state index in [0.717, 1.165) is 44.2 Å². The minimum atomic E-state index is -1.04. The van der Waals surface area contributed by atoms with E-state index in [2.05, 4.69) is 158 Å². The topological polar surface area (TPSA) is 62.5 Å². The molecule has 1 aromatic heterocycles. The van der Waals surface area contributed by atoms with E-state index in [1.165, 1.54) is 37.6 Å². The smallest absolute Gasteiger partial charge is 0.164 e. The van der Waals surface area contributed by atoms with Gasteiger partial charge in [-0.2, -0.15) is 5.26 Å². The minimum Gasteiger partial charge on any atom is -0.211 e. The third kappa shape index (κ3) is 4.15. The summed E-state index contributed by atoms with van der Waals surface area (Å²) in [7, 11) is 0. The average molecular weight is 743 g/mol.